The van der Waals surface area contributed by atoms with Crippen molar-refractivity contribution in [2.24, 2.45) is 0 Å². The lowest BCUT2D eigenvalue weighted by Crippen LogP contribution is -2.39. The van der Waals surface area contributed by atoms with Crippen molar-refractivity contribution >= 4 is 5.91 Å². The Hall–Kier alpha value is -3.71. The number of rotatable bonds is 10. The molecule has 3 aromatic carbocycles. The summed E-state index contributed by atoms with van der Waals surface area (Å²) >= 11 is 0. The largest absolute Gasteiger partial charge is 0.497 e. The second-order valence-corrected chi connectivity index (χ2v) is 8.04. The molecule has 1 aliphatic heterocycles. The molecule has 178 valence electrons. The molecule has 0 saturated heterocycles. The maximum atomic E-state index is 13.1. The van der Waals surface area contributed by atoms with Gasteiger partial charge in [0.1, 0.15) is 11.5 Å². The van der Waals surface area contributed by atoms with E-state index in [1.54, 1.807) is 14.2 Å². The third kappa shape index (κ3) is 5.61. The van der Waals surface area contributed by atoms with Gasteiger partial charge in [0.05, 0.1) is 26.8 Å². The van der Waals surface area contributed by atoms with Gasteiger partial charge < -0.3 is 24.3 Å². The molecule has 0 radical (unpaired) electrons. The summed E-state index contributed by atoms with van der Waals surface area (Å²) in [4.78, 5) is 15.2. The van der Waals surface area contributed by atoms with Crippen molar-refractivity contribution in [3.63, 3.8) is 0 Å². The van der Waals surface area contributed by atoms with Gasteiger partial charge in [0, 0.05) is 6.54 Å². The average molecular weight is 463 g/mol. The number of amides is 1. The van der Waals surface area contributed by atoms with E-state index in [1.807, 2.05) is 73.7 Å². The summed E-state index contributed by atoms with van der Waals surface area (Å²) in [7, 11) is 3.27. The lowest BCUT2D eigenvalue weighted by atomic mass is 9.98. The summed E-state index contributed by atoms with van der Waals surface area (Å²) in [6.45, 7) is 3.93. The molecule has 0 unspecified atom stereocenters. The Balaban J connectivity index is 1.48. The van der Waals surface area contributed by atoms with E-state index in [9.17, 15) is 4.79 Å². The highest BCUT2D eigenvalue weighted by molar-refractivity contribution is 5.79. The van der Waals surface area contributed by atoms with Crippen LogP contribution in [0.5, 0.6) is 23.0 Å². The van der Waals surface area contributed by atoms with Crippen molar-refractivity contribution in [3.05, 3.63) is 83.4 Å². The fraction of sp³-hybridized carbons (Fsp3) is 0.296. The Morgan fingerprint density at radius 2 is 1.50 bits per heavy atom. The number of carbonyl (C=O) groups is 1. The van der Waals surface area contributed by atoms with Gasteiger partial charge in [-0.25, -0.2) is 0 Å². The van der Waals surface area contributed by atoms with Gasteiger partial charge in [0.15, 0.2) is 11.5 Å². The maximum Gasteiger partial charge on any atom is 0.234 e. The maximum absolute atomic E-state index is 13.1. The topological polar surface area (TPSA) is 69.3 Å². The van der Waals surface area contributed by atoms with Gasteiger partial charge in [-0.3, -0.25) is 9.69 Å². The zero-order valence-corrected chi connectivity index (χ0v) is 19.7. The molecule has 0 spiro atoms. The van der Waals surface area contributed by atoms with Crippen molar-refractivity contribution in [2.75, 3.05) is 34.1 Å². The van der Waals surface area contributed by atoms with Crippen molar-refractivity contribution in [3.8, 4) is 23.0 Å². The average Bonchev–Trinajstić information content (AvgIpc) is 3.35. The normalized spacial score (nSPS) is 12.1. The van der Waals surface area contributed by atoms with Gasteiger partial charge in [0.2, 0.25) is 12.7 Å². The third-order valence-corrected chi connectivity index (χ3v) is 5.86. The van der Waals surface area contributed by atoms with Crippen LogP contribution in [0.4, 0.5) is 0 Å². The molecule has 4 rings (SSSR count). The number of carbonyl (C=O) groups excluding carboxylic acids is 1. The van der Waals surface area contributed by atoms with Gasteiger partial charge in [0.25, 0.3) is 0 Å². The summed E-state index contributed by atoms with van der Waals surface area (Å²) in [5, 5.41) is 3.21. The predicted molar refractivity (Wildman–Crippen MR) is 129 cm³/mol. The lowest BCUT2D eigenvalue weighted by Gasteiger charge is -2.24. The van der Waals surface area contributed by atoms with E-state index >= 15 is 0 Å². The van der Waals surface area contributed by atoms with Crippen molar-refractivity contribution in [1.29, 1.82) is 0 Å². The van der Waals surface area contributed by atoms with E-state index < -0.39 is 0 Å². The molecule has 1 amide bonds. The number of benzene rings is 3. The fourth-order valence-electron chi connectivity index (χ4n) is 3.94. The van der Waals surface area contributed by atoms with Crippen LogP contribution in [0.1, 0.15) is 29.7 Å². The molecule has 0 saturated carbocycles. The number of hydrogen-bond donors (Lipinski definition) is 1. The first-order valence-corrected chi connectivity index (χ1v) is 11.3. The first-order valence-electron chi connectivity index (χ1n) is 11.3. The highest BCUT2D eigenvalue weighted by atomic mass is 16.7. The standard InChI is InChI=1S/C27H30N2O5/c1-4-29(16-19-5-14-24-25(15-19)34-18-33-24)17-26(30)28-27(20-6-10-22(31-2)11-7-20)21-8-12-23(32-3)13-9-21/h5-15,27H,4,16-18H2,1-3H3,(H,28,30). The Morgan fingerprint density at radius 1 is 0.912 bits per heavy atom. The van der Waals surface area contributed by atoms with Crippen LogP contribution in [0.15, 0.2) is 66.7 Å². The molecule has 1 N–H and O–H groups in total. The molecule has 0 atom stereocenters. The smallest absolute Gasteiger partial charge is 0.234 e. The number of nitrogens with one attached hydrogen (secondary N) is 1. The quantitative estimate of drug-likeness (QED) is 0.488. The number of fused-ring (bicyclic) bond motifs is 1. The van der Waals surface area contributed by atoms with Crippen LogP contribution in [-0.2, 0) is 11.3 Å². The zero-order chi connectivity index (χ0) is 23.9. The second kappa shape index (κ2) is 10.9. The Morgan fingerprint density at radius 3 is 2.06 bits per heavy atom. The second-order valence-electron chi connectivity index (χ2n) is 8.04. The highest BCUT2D eigenvalue weighted by Crippen LogP contribution is 2.33. The Kier molecular flexibility index (Phi) is 7.54. The molecule has 3 aromatic rings. The van der Waals surface area contributed by atoms with E-state index in [0.717, 1.165) is 46.2 Å². The monoisotopic (exact) mass is 462 g/mol. The number of nitrogens with zero attached hydrogens (tertiary/aromatic N) is 1. The number of likely N-dealkylation sites (N-methyl/N-ethyl adjacent to an activating group) is 1. The summed E-state index contributed by atoms with van der Waals surface area (Å²) in [6.07, 6.45) is 0. The molecule has 1 aliphatic rings. The van der Waals surface area contributed by atoms with Crippen LogP contribution in [0.3, 0.4) is 0 Å². The molecule has 0 aromatic heterocycles. The molecule has 1 heterocycles. The zero-order valence-electron chi connectivity index (χ0n) is 19.7. The van der Waals surface area contributed by atoms with Crippen LogP contribution >= 0.6 is 0 Å². The number of methoxy groups -OCH3 is 2. The van der Waals surface area contributed by atoms with Gasteiger partial charge in [-0.1, -0.05) is 37.3 Å². The van der Waals surface area contributed by atoms with Crippen LogP contribution in [0.2, 0.25) is 0 Å². The van der Waals surface area contributed by atoms with Gasteiger partial charge >= 0.3 is 0 Å². The number of ether oxygens (including phenoxy) is 4. The molecule has 0 fully saturated rings. The molecular formula is C27H30N2O5. The van der Waals surface area contributed by atoms with Crippen LogP contribution in [0.25, 0.3) is 0 Å². The molecule has 0 aliphatic carbocycles. The van der Waals surface area contributed by atoms with E-state index in [-0.39, 0.29) is 25.3 Å². The molecule has 7 heteroatoms. The highest BCUT2D eigenvalue weighted by Gasteiger charge is 2.20. The van der Waals surface area contributed by atoms with Crippen LogP contribution in [-0.4, -0.2) is 44.9 Å². The molecule has 34 heavy (non-hydrogen) atoms. The minimum atomic E-state index is -0.298. The van der Waals surface area contributed by atoms with E-state index in [4.69, 9.17) is 18.9 Å². The number of hydrogen-bond acceptors (Lipinski definition) is 6. The molecule has 7 nitrogen and oxygen atoms in total. The Bertz CT molecular complexity index is 1050. The van der Waals surface area contributed by atoms with Crippen molar-refractivity contribution in [1.82, 2.24) is 10.2 Å². The first-order chi connectivity index (χ1) is 16.6. The van der Waals surface area contributed by atoms with E-state index in [0.29, 0.717) is 6.54 Å². The fourth-order valence-corrected chi connectivity index (χ4v) is 3.94. The van der Waals surface area contributed by atoms with Gasteiger partial charge in [-0.15, -0.1) is 0 Å². The van der Waals surface area contributed by atoms with Gasteiger partial charge in [-0.2, -0.15) is 0 Å². The lowest BCUT2D eigenvalue weighted by molar-refractivity contribution is -0.122. The summed E-state index contributed by atoms with van der Waals surface area (Å²) in [5.74, 6) is 2.98. The first kappa shape index (κ1) is 23.4. The SMILES string of the molecule is CCN(CC(=O)NC(c1ccc(OC)cc1)c1ccc(OC)cc1)Cc1ccc2c(c1)OCO2. The third-order valence-electron chi connectivity index (χ3n) is 5.86. The van der Waals surface area contributed by atoms with Crippen LogP contribution in [0, 0.1) is 0 Å². The summed E-state index contributed by atoms with van der Waals surface area (Å²) in [6, 6.07) is 21.1. The summed E-state index contributed by atoms with van der Waals surface area (Å²) in [5.41, 5.74) is 3.01. The van der Waals surface area contributed by atoms with Gasteiger partial charge in [-0.05, 0) is 59.6 Å². The molecular weight excluding hydrogens is 432 g/mol. The van der Waals surface area contributed by atoms with Crippen LogP contribution < -0.4 is 24.3 Å². The van der Waals surface area contributed by atoms with Crippen molar-refractivity contribution < 1.29 is 23.7 Å². The Labute approximate surface area is 200 Å². The van der Waals surface area contributed by atoms with E-state index in [1.165, 1.54) is 0 Å². The molecule has 0 bridgehead atoms. The van der Waals surface area contributed by atoms with Crippen molar-refractivity contribution in [2.45, 2.75) is 19.5 Å². The minimum absolute atomic E-state index is 0.0563. The summed E-state index contributed by atoms with van der Waals surface area (Å²) < 4.78 is 21.5. The minimum Gasteiger partial charge on any atom is -0.497 e. The van der Waals surface area contributed by atoms with E-state index in [2.05, 4.69) is 10.2 Å². The predicted octanol–water partition coefficient (Wildman–Crippen LogP) is 4.16.